The summed E-state index contributed by atoms with van der Waals surface area (Å²) in [7, 11) is -3.92. The van der Waals surface area contributed by atoms with Crippen LogP contribution in [0, 0.1) is 17.1 Å². The van der Waals surface area contributed by atoms with E-state index >= 15 is 0 Å². The first-order chi connectivity index (χ1) is 11.4. The minimum Gasteiger partial charge on any atom is -0.460 e. The van der Waals surface area contributed by atoms with Gasteiger partial charge in [-0.25, -0.2) is 12.8 Å². The zero-order valence-corrected chi connectivity index (χ0v) is 13.2. The Bertz CT molecular complexity index is 856. The monoisotopic (exact) mass is 348 g/mol. The summed E-state index contributed by atoms with van der Waals surface area (Å²) in [5, 5.41) is 8.68. The van der Waals surface area contributed by atoms with Gasteiger partial charge in [0.1, 0.15) is 19.0 Å². The third-order valence-corrected chi connectivity index (χ3v) is 4.43. The van der Waals surface area contributed by atoms with E-state index in [1.165, 1.54) is 0 Å². The summed E-state index contributed by atoms with van der Waals surface area (Å²) >= 11 is 0. The number of rotatable bonds is 6. The number of benzene rings is 2. The Hall–Kier alpha value is -2.76. The molecule has 0 atom stereocenters. The van der Waals surface area contributed by atoms with E-state index in [9.17, 15) is 17.6 Å². The standard InChI is InChI=1S/C16H13FN2O4S/c17-14-5-7-15(8-6-14)24(21,22)19-10-16(20)23-11-13-3-1-12(9-18)2-4-13/h1-8,19H,10-11H2. The Kier molecular flexibility index (Phi) is 5.63. The fraction of sp³-hybridized carbons (Fsp3) is 0.125. The molecule has 0 aliphatic heterocycles. The van der Waals surface area contributed by atoms with Gasteiger partial charge in [-0.3, -0.25) is 4.79 Å². The van der Waals surface area contributed by atoms with Gasteiger partial charge < -0.3 is 4.74 Å². The number of halogens is 1. The summed E-state index contributed by atoms with van der Waals surface area (Å²) in [5.74, 6) is -1.32. The van der Waals surface area contributed by atoms with Crippen LogP contribution < -0.4 is 4.72 Å². The Morgan fingerprint density at radius 3 is 2.33 bits per heavy atom. The molecule has 1 N–H and O–H groups in total. The summed E-state index contributed by atoms with van der Waals surface area (Å²) in [4.78, 5) is 11.5. The van der Waals surface area contributed by atoms with Crippen molar-refractivity contribution in [2.24, 2.45) is 0 Å². The minimum atomic E-state index is -3.92. The number of nitrogens with zero attached hydrogens (tertiary/aromatic N) is 1. The summed E-state index contributed by atoms with van der Waals surface area (Å²) in [6, 6.07) is 12.6. The van der Waals surface area contributed by atoms with Crippen LogP contribution in [-0.4, -0.2) is 20.9 Å². The number of sulfonamides is 1. The van der Waals surface area contributed by atoms with Crippen molar-refractivity contribution >= 4 is 16.0 Å². The van der Waals surface area contributed by atoms with Crippen molar-refractivity contribution in [1.29, 1.82) is 5.26 Å². The summed E-state index contributed by atoms with van der Waals surface area (Å²) in [6.07, 6.45) is 0. The average Bonchev–Trinajstić information content (AvgIpc) is 2.59. The highest BCUT2D eigenvalue weighted by Crippen LogP contribution is 2.09. The van der Waals surface area contributed by atoms with Gasteiger partial charge in [0.25, 0.3) is 0 Å². The van der Waals surface area contributed by atoms with E-state index in [2.05, 4.69) is 4.72 Å². The van der Waals surface area contributed by atoms with Crippen LogP contribution >= 0.6 is 0 Å². The molecule has 0 spiro atoms. The first kappa shape index (κ1) is 17.6. The van der Waals surface area contributed by atoms with Gasteiger partial charge in [0.2, 0.25) is 10.0 Å². The molecule has 0 aliphatic carbocycles. The van der Waals surface area contributed by atoms with Crippen molar-refractivity contribution in [3.8, 4) is 6.07 Å². The average molecular weight is 348 g/mol. The van der Waals surface area contributed by atoms with Crippen LogP contribution in [0.25, 0.3) is 0 Å². The van der Waals surface area contributed by atoms with Crippen LogP contribution in [0.5, 0.6) is 0 Å². The molecule has 0 fully saturated rings. The molecule has 6 nitrogen and oxygen atoms in total. The summed E-state index contributed by atoms with van der Waals surface area (Å²) < 4.78 is 43.7. The van der Waals surface area contributed by atoms with E-state index in [-0.39, 0.29) is 11.5 Å². The molecule has 0 aromatic heterocycles. The number of hydrogen-bond acceptors (Lipinski definition) is 5. The molecule has 0 bridgehead atoms. The molecule has 0 saturated carbocycles. The van der Waals surface area contributed by atoms with E-state index in [4.69, 9.17) is 10.00 Å². The molecule has 0 aliphatic rings. The van der Waals surface area contributed by atoms with E-state index in [1.54, 1.807) is 24.3 Å². The third kappa shape index (κ3) is 4.87. The van der Waals surface area contributed by atoms with Crippen LogP contribution in [0.15, 0.2) is 53.4 Å². The zero-order chi connectivity index (χ0) is 17.6. The number of hydrogen-bond donors (Lipinski definition) is 1. The van der Waals surface area contributed by atoms with Gasteiger partial charge in [-0.1, -0.05) is 12.1 Å². The molecule has 0 amide bonds. The van der Waals surface area contributed by atoms with Gasteiger partial charge >= 0.3 is 5.97 Å². The Balaban J connectivity index is 1.86. The first-order valence-corrected chi connectivity index (χ1v) is 8.29. The van der Waals surface area contributed by atoms with Gasteiger partial charge in [0, 0.05) is 0 Å². The molecule has 0 radical (unpaired) electrons. The maximum Gasteiger partial charge on any atom is 0.321 e. The fourth-order valence-corrected chi connectivity index (χ4v) is 2.71. The van der Waals surface area contributed by atoms with E-state index in [0.29, 0.717) is 11.1 Å². The normalized spacial score (nSPS) is 10.8. The zero-order valence-electron chi connectivity index (χ0n) is 12.4. The topological polar surface area (TPSA) is 96.3 Å². The number of nitrogens with one attached hydrogen (secondary N) is 1. The van der Waals surface area contributed by atoms with Gasteiger partial charge in [0.15, 0.2) is 0 Å². The van der Waals surface area contributed by atoms with Crippen molar-refractivity contribution in [3.63, 3.8) is 0 Å². The van der Waals surface area contributed by atoms with E-state index in [1.807, 2.05) is 6.07 Å². The predicted octanol–water partition coefficient (Wildman–Crippen LogP) is 1.72. The molecule has 0 unspecified atom stereocenters. The second-order valence-electron chi connectivity index (χ2n) is 4.75. The first-order valence-electron chi connectivity index (χ1n) is 6.80. The lowest BCUT2D eigenvalue weighted by molar-refractivity contribution is -0.143. The summed E-state index contributed by atoms with van der Waals surface area (Å²) in [5.41, 5.74) is 1.15. The number of ether oxygens (including phenoxy) is 1. The second kappa shape index (κ2) is 7.68. The van der Waals surface area contributed by atoms with Crippen LogP contribution in [0.1, 0.15) is 11.1 Å². The van der Waals surface area contributed by atoms with Gasteiger partial charge in [-0.2, -0.15) is 9.98 Å². The largest absolute Gasteiger partial charge is 0.460 e. The molecular weight excluding hydrogens is 335 g/mol. The second-order valence-corrected chi connectivity index (χ2v) is 6.51. The van der Waals surface area contributed by atoms with Crippen molar-refractivity contribution in [1.82, 2.24) is 4.72 Å². The quantitative estimate of drug-likeness (QED) is 0.802. The lowest BCUT2D eigenvalue weighted by Gasteiger charge is -2.07. The molecule has 0 saturated heterocycles. The van der Waals surface area contributed by atoms with Gasteiger partial charge in [-0.15, -0.1) is 0 Å². The smallest absolute Gasteiger partial charge is 0.321 e. The van der Waals surface area contributed by atoms with Crippen molar-refractivity contribution in [2.75, 3.05) is 6.54 Å². The van der Waals surface area contributed by atoms with Crippen LogP contribution in [-0.2, 0) is 26.2 Å². The van der Waals surface area contributed by atoms with Crippen molar-refractivity contribution in [2.45, 2.75) is 11.5 Å². The molecular formula is C16H13FN2O4S. The fourth-order valence-electron chi connectivity index (χ4n) is 1.74. The molecule has 2 aromatic carbocycles. The van der Waals surface area contributed by atoms with Crippen LogP contribution in [0.4, 0.5) is 4.39 Å². The molecule has 124 valence electrons. The van der Waals surface area contributed by atoms with Crippen LogP contribution in [0.3, 0.4) is 0 Å². The van der Waals surface area contributed by atoms with E-state index < -0.39 is 28.4 Å². The van der Waals surface area contributed by atoms with Crippen molar-refractivity contribution < 1.29 is 22.3 Å². The number of esters is 1. The lowest BCUT2D eigenvalue weighted by atomic mass is 10.2. The Labute approximate surface area is 138 Å². The maximum absolute atomic E-state index is 12.8. The minimum absolute atomic E-state index is 0.0389. The molecule has 8 heteroatoms. The van der Waals surface area contributed by atoms with E-state index in [0.717, 1.165) is 24.3 Å². The summed E-state index contributed by atoms with van der Waals surface area (Å²) in [6.45, 7) is -0.585. The molecule has 0 heterocycles. The molecule has 24 heavy (non-hydrogen) atoms. The molecule has 2 aromatic rings. The predicted molar refractivity (Wildman–Crippen MR) is 82.5 cm³/mol. The number of nitriles is 1. The highest BCUT2D eigenvalue weighted by atomic mass is 32.2. The lowest BCUT2D eigenvalue weighted by Crippen LogP contribution is -2.30. The number of carbonyl (C=O) groups is 1. The Morgan fingerprint density at radius 2 is 1.75 bits per heavy atom. The third-order valence-electron chi connectivity index (χ3n) is 3.01. The molecule has 2 rings (SSSR count). The maximum atomic E-state index is 12.8. The Morgan fingerprint density at radius 1 is 1.12 bits per heavy atom. The SMILES string of the molecule is N#Cc1ccc(COC(=O)CNS(=O)(=O)c2ccc(F)cc2)cc1. The van der Waals surface area contributed by atoms with Crippen LogP contribution in [0.2, 0.25) is 0 Å². The van der Waals surface area contributed by atoms with Gasteiger partial charge in [-0.05, 0) is 42.0 Å². The highest BCUT2D eigenvalue weighted by molar-refractivity contribution is 7.89. The van der Waals surface area contributed by atoms with Crippen molar-refractivity contribution in [3.05, 3.63) is 65.5 Å². The van der Waals surface area contributed by atoms with Gasteiger partial charge in [0.05, 0.1) is 16.5 Å². The number of carbonyl (C=O) groups excluding carboxylic acids is 1. The highest BCUT2D eigenvalue weighted by Gasteiger charge is 2.16.